The lowest BCUT2D eigenvalue weighted by Gasteiger charge is -2.20. The van der Waals surface area contributed by atoms with Gasteiger partial charge in [0.2, 0.25) is 11.8 Å². The molecule has 2 aliphatic heterocycles. The summed E-state index contributed by atoms with van der Waals surface area (Å²) in [5, 5.41) is 3.99. The first kappa shape index (κ1) is 10.9. The van der Waals surface area contributed by atoms with Crippen molar-refractivity contribution in [2.24, 2.45) is 0 Å². The molecule has 17 heavy (non-hydrogen) atoms. The van der Waals surface area contributed by atoms with Gasteiger partial charge in [0.15, 0.2) is 0 Å². The fourth-order valence-electron chi connectivity index (χ4n) is 2.13. The molecule has 0 spiro atoms. The van der Waals surface area contributed by atoms with E-state index in [1.807, 2.05) is 0 Å². The van der Waals surface area contributed by atoms with Gasteiger partial charge in [0.05, 0.1) is 15.8 Å². The molecule has 1 atom stereocenters. The average molecular weight is 315 g/mol. The van der Waals surface area contributed by atoms with E-state index >= 15 is 0 Å². The quantitative estimate of drug-likeness (QED) is 0.783. The maximum absolute atomic E-state index is 12.1. The highest BCUT2D eigenvalue weighted by Crippen LogP contribution is 2.36. The predicted molar refractivity (Wildman–Crippen MR) is 63.4 cm³/mol. The number of rotatable bonds is 1. The summed E-state index contributed by atoms with van der Waals surface area (Å²) in [6.07, 6.45) is 0.0654. The van der Waals surface area contributed by atoms with Crippen LogP contribution in [0.4, 0.5) is 0 Å². The Morgan fingerprint density at radius 2 is 2.18 bits per heavy atom. The van der Waals surface area contributed by atoms with Crippen molar-refractivity contribution in [2.45, 2.75) is 19.0 Å². The Balaban J connectivity index is 1.92. The molecule has 3 heterocycles. The zero-order valence-corrected chi connectivity index (χ0v) is 10.9. The Kier molecular flexibility index (Phi) is 2.34. The number of nitrogens with zero attached hydrogens (tertiary/aromatic N) is 1. The van der Waals surface area contributed by atoms with Crippen LogP contribution in [0.2, 0.25) is 0 Å². The number of hydrogen-bond acceptors (Lipinski definition) is 4. The molecule has 0 saturated carbocycles. The first-order valence-electron chi connectivity index (χ1n) is 4.98. The topological polar surface area (TPSA) is 66.5 Å². The van der Waals surface area contributed by atoms with Gasteiger partial charge in [0.1, 0.15) is 6.04 Å². The molecule has 2 aliphatic rings. The van der Waals surface area contributed by atoms with Gasteiger partial charge in [0.25, 0.3) is 5.91 Å². The summed E-state index contributed by atoms with van der Waals surface area (Å²) >= 11 is 4.84. The standard InChI is InChI=1S/C10H7BrN2O3S/c11-8-4-2-13(10(16)5(4)3-17-8)6-1-7(14)12-9(6)15/h3,6H,1-2H2,(H,12,14,15). The van der Waals surface area contributed by atoms with Gasteiger partial charge >= 0.3 is 0 Å². The summed E-state index contributed by atoms with van der Waals surface area (Å²) in [5.74, 6) is -0.869. The number of amides is 3. The number of hydrogen-bond donors (Lipinski definition) is 1. The molecule has 1 fully saturated rings. The SMILES string of the molecule is O=C1CC(N2Cc3c(csc3Br)C2=O)C(=O)N1. The lowest BCUT2D eigenvalue weighted by Crippen LogP contribution is -2.40. The molecule has 88 valence electrons. The third-order valence-corrected chi connectivity index (χ3v) is 4.83. The molecule has 3 amide bonds. The smallest absolute Gasteiger partial charge is 0.256 e. The zero-order valence-electron chi connectivity index (χ0n) is 8.53. The number of carbonyl (C=O) groups excluding carboxylic acids is 3. The van der Waals surface area contributed by atoms with E-state index in [1.165, 1.54) is 16.2 Å². The lowest BCUT2D eigenvalue weighted by molar-refractivity contribution is -0.126. The van der Waals surface area contributed by atoms with Gasteiger partial charge in [-0.1, -0.05) is 0 Å². The minimum atomic E-state index is -0.653. The molecule has 1 aromatic heterocycles. The molecule has 1 aromatic rings. The van der Waals surface area contributed by atoms with Gasteiger partial charge in [-0.25, -0.2) is 0 Å². The molecule has 1 saturated heterocycles. The predicted octanol–water partition coefficient (Wildman–Crippen LogP) is 0.881. The van der Waals surface area contributed by atoms with Gasteiger partial charge < -0.3 is 4.90 Å². The third-order valence-electron chi connectivity index (χ3n) is 2.98. The van der Waals surface area contributed by atoms with Gasteiger partial charge in [0, 0.05) is 17.5 Å². The minimum Gasteiger partial charge on any atom is -0.322 e. The molecule has 3 rings (SSSR count). The summed E-state index contributed by atoms with van der Waals surface area (Å²) in [4.78, 5) is 36.2. The van der Waals surface area contributed by atoms with E-state index < -0.39 is 6.04 Å². The number of halogens is 1. The summed E-state index contributed by atoms with van der Waals surface area (Å²) in [6.45, 7) is 0.392. The molecular formula is C10H7BrN2O3S. The maximum atomic E-state index is 12.1. The van der Waals surface area contributed by atoms with Gasteiger partial charge in [-0.2, -0.15) is 0 Å². The van der Waals surface area contributed by atoms with Crippen LogP contribution in [0.3, 0.4) is 0 Å². The second-order valence-corrected chi connectivity index (χ2v) is 6.16. The Morgan fingerprint density at radius 3 is 2.76 bits per heavy atom. The number of imide groups is 1. The summed E-state index contributed by atoms with van der Waals surface area (Å²) in [6, 6.07) is -0.653. The number of thiophene rings is 1. The Morgan fingerprint density at radius 1 is 1.41 bits per heavy atom. The second kappa shape index (κ2) is 3.64. The minimum absolute atomic E-state index is 0.0654. The molecule has 0 aliphatic carbocycles. The number of fused-ring (bicyclic) bond motifs is 1. The monoisotopic (exact) mass is 314 g/mol. The fraction of sp³-hybridized carbons (Fsp3) is 0.300. The van der Waals surface area contributed by atoms with E-state index in [-0.39, 0.29) is 24.1 Å². The summed E-state index contributed by atoms with van der Waals surface area (Å²) in [7, 11) is 0. The van der Waals surface area contributed by atoms with Crippen molar-refractivity contribution >= 4 is 45.0 Å². The van der Waals surface area contributed by atoms with E-state index in [2.05, 4.69) is 21.2 Å². The van der Waals surface area contributed by atoms with Crippen LogP contribution in [0.5, 0.6) is 0 Å². The normalized spacial score (nSPS) is 23.2. The van der Waals surface area contributed by atoms with Crippen molar-refractivity contribution in [1.29, 1.82) is 0 Å². The van der Waals surface area contributed by atoms with Crippen LogP contribution in [-0.2, 0) is 16.1 Å². The van der Waals surface area contributed by atoms with E-state index in [9.17, 15) is 14.4 Å². The van der Waals surface area contributed by atoms with Crippen molar-refractivity contribution in [1.82, 2.24) is 10.2 Å². The molecule has 7 heteroatoms. The first-order valence-corrected chi connectivity index (χ1v) is 6.65. The average Bonchev–Trinajstić information content (AvgIpc) is 2.87. The molecule has 0 radical (unpaired) electrons. The van der Waals surface area contributed by atoms with E-state index in [0.29, 0.717) is 12.1 Å². The van der Waals surface area contributed by atoms with Crippen molar-refractivity contribution in [2.75, 3.05) is 0 Å². The number of nitrogens with one attached hydrogen (secondary N) is 1. The van der Waals surface area contributed by atoms with Crippen LogP contribution >= 0.6 is 27.3 Å². The van der Waals surface area contributed by atoms with Crippen molar-refractivity contribution in [3.05, 3.63) is 20.3 Å². The summed E-state index contributed by atoms with van der Waals surface area (Å²) < 4.78 is 0.910. The molecule has 5 nitrogen and oxygen atoms in total. The molecule has 0 aromatic carbocycles. The highest BCUT2D eigenvalue weighted by molar-refractivity contribution is 9.11. The van der Waals surface area contributed by atoms with Crippen LogP contribution in [-0.4, -0.2) is 28.7 Å². The molecule has 1 N–H and O–H groups in total. The lowest BCUT2D eigenvalue weighted by atomic mass is 10.2. The van der Waals surface area contributed by atoms with Crippen LogP contribution in [0, 0.1) is 0 Å². The molecular weight excluding hydrogens is 308 g/mol. The first-order chi connectivity index (χ1) is 8.08. The molecule has 0 bridgehead atoms. The van der Waals surface area contributed by atoms with Crippen LogP contribution in [0.15, 0.2) is 9.17 Å². The highest BCUT2D eigenvalue weighted by Gasteiger charge is 2.42. The van der Waals surface area contributed by atoms with Crippen LogP contribution in [0.1, 0.15) is 22.3 Å². The van der Waals surface area contributed by atoms with Crippen molar-refractivity contribution in [3.8, 4) is 0 Å². The van der Waals surface area contributed by atoms with Crippen molar-refractivity contribution in [3.63, 3.8) is 0 Å². The fourth-order valence-corrected chi connectivity index (χ4v) is 3.53. The van der Waals surface area contributed by atoms with Gasteiger partial charge in [-0.15, -0.1) is 11.3 Å². The Labute approximate surface area is 109 Å². The van der Waals surface area contributed by atoms with Crippen molar-refractivity contribution < 1.29 is 14.4 Å². The second-order valence-electron chi connectivity index (χ2n) is 3.97. The van der Waals surface area contributed by atoms with Gasteiger partial charge in [-0.05, 0) is 15.9 Å². The van der Waals surface area contributed by atoms with E-state index in [1.54, 1.807) is 5.38 Å². The highest BCUT2D eigenvalue weighted by atomic mass is 79.9. The van der Waals surface area contributed by atoms with Gasteiger partial charge in [-0.3, -0.25) is 19.7 Å². The zero-order chi connectivity index (χ0) is 12.2. The Hall–Kier alpha value is -1.21. The van der Waals surface area contributed by atoms with E-state index in [4.69, 9.17) is 0 Å². The third kappa shape index (κ3) is 1.53. The van der Waals surface area contributed by atoms with Crippen LogP contribution < -0.4 is 5.32 Å². The molecule has 1 unspecified atom stereocenters. The summed E-state index contributed by atoms with van der Waals surface area (Å²) in [5.41, 5.74) is 1.54. The van der Waals surface area contributed by atoms with Crippen LogP contribution in [0.25, 0.3) is 0 Å². The largest absolute Gasteiger partial charge is 0.322 e. The Bertz CT molecular complexity index is 554. The number of carbonyl (C=O) groups is 3. The van der Waals surface area contributed by atoms with E-state index in [0.717, 1.165) is 9.35 Å². The maximum Gasteiger partial charge on any atom is 0.256 e.